The molecule has 5 heteroatoms. The number of halogens is 3. The first kappa shape index (κ1) is 14.4. The van der Waals surface area contributed by atoms with Gasteiger partial charge in [0, 0.05) is 5.71 Å². The summed E-state index contributed by atoms with van der Waals surface area (Å²) in [7, 11) is 0. The lowest BCUT2D eigenvalue weighted by molar-refractivity contribution is -0.169. The summed E-state index contributed by atoms with van der Waals surface area (Å²) in [4.78, 5) is 14.9. The van der Waals surface area contributed by atoms with Crippen molar-refractivity contribution in [3.05, 3.63) is 35.9 Å². The molecule has 0 fully saturated rings. The van der Waals surface area contributed by atoms with Crippen LogP contribution in [0.3, 0.4) is 0 Å². The van der Waals surface area contributed by atoms with Crippen LogP contribution >= 0.6 is 0 Å². The van der Waals surface area contributed by atoms with Crippen LogP contribution in [0.5, 0.6) is 0 Å². The first-order valence-corrected chi connectivity index (χ1v) is 5.49. The summed E-state index contributed by atoms with van der Waals surface area (Å²) in [6.07, 6.45) is -5.46. The lowest BCUT2D eigenvalue weighted by Gasteiger charge is -2.09. The van der Waals surface area contributed by atoms with Gasteiger partial charge in [-0.3, -0.25) is 9.79 Å². The molecule has 1 rings (SSSR count). The third-order valence-electron chi connectivity index (χ3n) is 2.43. The third kappa shape index (κ3) is 4.31. The van der Waals surface area contributed by atoms with E-state index in [0.29, 0.717) is 0 Å². The van der Waals surface area contributed by atoms with Gasteiger partial charge in [-0.25, -0.2) is 0 Å². The minimum atomic E-state index is -4.78. The van der Waals surface area contributed by atoms with Crippen LogP contribution in [0, 0.1) is 0 Å². The van der Waals surface area contributed by atoms with E-state index >= 15 is 0 Å². The number of aliphatic imine (C=N–C) groups is 1. The Bertz CT molecular complexity index is 437. The number of carbonyl (C=O) groups is 1. The smallest absolute Gasteiger partial charge is 0.289 e. The van der Waals surface area contributed by atoms with Crippen LogP contribution in [0.15, 0.2) is 35.3 Å². The highest BCUT2D eigenvalue weighted by Crippen LogP contribution is 2.20. The highest BCUT2D eigenvalue weighted by atomic mass is 19.4. The molecule has 0 unspecified atom stereocenters. The van der Waals surface area contributed by atoms with Gasteiger partial charge in [-0.1, -0.05) is 30.3 Å². The van der Waals surface area contributed by atoms with E-state index < -0.39 is 18.4 Å². The highest BCUT2D eigenvalue weighted by Gasteiger charge is 2.37. The number of Topliss-reactive ketones (excluding diaryl/α,β-unsaturated/α-hetero) is 1. The fourth-order valence-corrected chi connectivity index (χ4v) is 1.51. The average Bonchev–Trinajstić information content (AvgIpc) is 2.28. The van der Waals surface area contributed by atoms with Crippen molar-refractivity contribution in [2.24, 2.45) is 4.99 Å². The molecule has 98 valence electrons. The predicted octanol–water partition coefficient (Wildman–Crippen LogP) is 3.73. The van der Waals surface area contributed by atoms with Crippen LogP contribution in [0.1, 0.15) is 31.9 Å². The predicted molar refractivity (Wildman–Crippen MR) is 63.6 cm³/mol. The monoisotopic (exact) mass is 257 g/mol. The van der Waals surface area contributed by atoms with Crippen LogP contribution in [0.25, 0.3) is 0 Å². The summed E-state index contributed by atoms with van der Waals surface area (Å²) < 4.78 is 36.2. The molecule has 0 saturated carbocycles. The quantitative estimate of drug-likeness (QED) is 0.756. The molecule has 2 nitrogen and oxygen atoms in total. The zero-order valence-corrected chi connectivity index (χ0v) is 10.2. The van der Waals surface area contributed by atoms with Crippen molar-refractivity contribution < 1.29 is 18.0 Å². The molecular formula is C13H14F3NO. The molecule has 0 bridgehead atoms. The SMILES string of the molecule is CC(CC(=O)C(F)(F)F)=N[C@@H](C)c1ccccc1. The van der Waals surface area contributed by atoms with Gasteiger partial charge in [-0.2, -0.15) is 13.2 Å². The van der Waals surface area contributed by atoms with Crippen LogP contribution in [-0.4, -0.2) is 17.7 Å². The number of nitrogens with zero attached hydrogens (tertiary/aromatic N) is 1. The molecule has 0 aliphatic carbocycles. The van der Waals surface area contributed by atoms with Crippen molar-refractivity contribution in [1.82, 2.24) is 0 Å². The molecule has 0 heterocycles. The second-order valence-electron chi connectivity index (χ2n) is 4.05. The Morgan fingerprint density at radius 2 is 1.83 bits per heavy atom. The van der Waals surface area contributed by atoms with Gasteiger partial charge < -0.3 is 0 Å². The molecule has 1 aromatic carbocycles. The second-order valence-corrected chi connectivity index (χ2v) is 4.05. The van der Waals surface area contributed by atoms with E-state index in [1.165, 1.54) is 6.92 Å². The summed E-state index contributed by atoms with van der Waals surface area (Å²) in [5, 5.41) is 0. The summed E-state index contributed by atoms with van der Waals surface area (Å²) in [5.74, 6) is -1.76. The number of benzene rings is 1. The van der Waals surface area contributed by atoms with E-state index in [2.05, 4.69) is 4.99 Å². The largest absolute Gasteiger partial charge is 0.450 e. The Labute approximate surface area is 104 Å². The zero-order valence-electron chi connectivity index (χ0n) is 10.2. The molecule has 0 N–H and O–H groups in total. The maximum atomic E-state index is 12.1. The molecular weight excluding hydrogens is 243 g/mol. The Balaban J connectivity index is 2.70. The van der Waals surface area contributed by atoms with Crippen molar-refractivity contribution in [3.8, 4) is 0 Å². The van der Waals surface area contributed by atoms with Gasteiger partial charge in [0.25, 0.3) is 0 Å². The van der Waals surface area contributed by atoms with Gasteiger partial charge in [-0.05, 0) is 19.4 Å². The van der Waals surface area contributed by atoms with E-state index in [4.69, 9.17) is 0 Å². The van der Waals surface area contributed by atoms with E-state index in [1.807, 2.05) is 30.3 Å². The standard InChI is InChI=1S/C13H14F3NO/c1-9(8-12(18)13(14,15)16)17-10(2)11-6-4-3-5-7-11/h3-7,10H,8H2,1-2H3/t10-/m0/s1. The molecule has 0 saturated heterocycles. The number of ketones is 1. The fraction of sp³-hybridized carbons (Fsp3) is 0.385. The average molecular weight is 257 g/mol. The van der Waals surface area contributed by atoms with Crippen molar-refractivity contribution in [3.63, 3.8) is 0 Å². The third-order valence-corrected chi connectivity index (χ3v) is 2.43. The van der Waals surface area contributed by atoms with Gasteiger partial charge in [0.1, 0.15) is 0 Å². The van der Waals surface area contributed by atoms with Crippen molar-refractivity contribution in [2.75, 3.05) is 0 Å². The van der Waals surface area contributed by atoms with Gasteiger partial charge >= 0.3 is 6.18 Å². The lowest BCUT2D eigenvalue weighted by Crippen LogP contribution is -2.24. The Hall–Kier alpha value is -1.65. The van der Waals surface area contributed by atoms with Crippen molar-refractivity contribution in [2.45, 2.75) is 32.5 Å². The fourth-order valence-electron chi connectivity index (χ4n) is 1.51. The molecule has 0 spiro atoms. The first-order valence-electron chi connectivity index (χ1n) is 5.49. The maximum Gasteiger partial charge on any atom is 0.450 e. The number of rotatable bonds is 4. The normalized spacial score (nSPS) is 14.4. The Morgan fingerprint density at radius 1 is 1.28 bits per heavy atom. The van der Waals surface area contributed by atoms with Gasteiger partial charge in [0.2, 0.25) is 5.78 Å². The van der Waals surface area contributed by atoms with E-state index in [0.717, 1.165) is 5.56 Å². The minimum absolute atomic E-state index is 0.189. The van der Waals surface area contributed by atoms with Crippen LogP contribution in [0.2, 0.25) is 0 Å². The highest BCUT2D eigenvalue weighted by molar-refractivity contribution is 6.03. The second kappa shape index (κ2) is 5.80. The molecule has 1 atom stereocenters. The molecule has 1 aromatic rings. The molecule has 0 aromatic heterocycles. The summed E-state index contributed by atoms with van der Waals surface area (Å²) in [6.45, 7) is 3.21. The molecule has 18 heavy (non-hydrogen) atoms. The Morgan fingerprint density at radius 3 is 2.33 bits per heavy atom. The van der Waals surface area contributed by atoms with E-state index in [9.17, 15) is 18.0 Å². The molecule has 0 amide bonds. The van der Waals surface area contributed by atoms with Gasteiger partial charge in [-0.15, -0.1) is 0 Å². The number of carbonyl (C=O) groups excluding carboxylic acids is 1. The van der Waals surface area contributed by atoms with Crippen LogP contribution in [-0.2, 0) is 4.79 Å². The van der Waals surface area contributed by atoms with Crippen LogP contribution in [0.4, 0.5) is 13.2 Å². The first-order chi connectivity index (χ1) is 8.30. The van der Waals surface area contributed by atoms with Crippen LogP contribution < -0.4 is 0 Å². The minimum Gasteiger partial charge on any atom is -0.289 e. The maximum absolute atomic E-state index is 12.1. The topological polar surface area (TPSA) is 29.4 Å². The summed E-state index contributed by atoms with van der Waals surface area (Å²) in [5.41, 5.74) is 1.09. The summed E-state index contributed by atoms with van der Waals surface area (Å²) >= 11 is 0. The molecule has 0 aliphatic heterocycles. The lowest BCUT2D eigenvalue weighted by atomic mass is 10.1. The van der Waals surface area contributed by atoms with E-state index in [-0.39, 0.29) is 11.8 Å². The van der Waals surface area contributed by atoms with Crippen molar-refractivity contribution >= 4 is 11.5 Å². The van der Waals surface area contributed by atoms with Crippen molar-refractivity contribution in [1.29, 1.82) is 0 Å². The number of hydrogen-bond donors (Lipinski definition) is 0. The summed E-state index contributed by atoms with van der Waals surface area (Å²) in [6, 6.07) is 8.93. The molecule has 0 radical (unpaired) electrons. The van der Waals surface area contributed by atoms with Gasteiger partial charge in [0.15, 0.2) is 0 Å². The number of hydrogen-bond acceptors (Lipinski definition) is 2. The Kier molecular flexibility index (Phi) is 4.64. The zero-order chi connectivity index (χ0) is 13.8. The van der Waals surface area contributed by atoms with E-state index in [1.54, 1.807) is 6.92 Å². The molecule has 0 aliphatic rings. The van der Waals surface area contributed by atoms with Gasteiger partial charge in [0.05, 0.1) is 12.5 Å². The number of alkyl halides is 3.